The first-order valence-electron chi connectivity index (χ1n) is 10.5. The number of anilines is 1. The first-order valence-corrected chi connectivity index (χ1v) is 11.7. The molecule has 180 valence electrons. The molecule has 0 radical (unpaired) electrons. The molecule has 0 aliphatic heterocycles. The zero-order valence-corrected chi connectivity index (χ0v) is 21.0. The predicted octanol–water partition coefficient (Wildman–Crippen LogP) is 4.76. The molecule has 8 nitrogen and oxygen atoms in total. The molecule has 3 aromatic rings. The average Bonchev–Trinajstić information content (AvgIpc) is 2.83. The molecule has 10 heteroatoms. The summed E-state index contributed by atoms with van der Waals surface area (Å²) in [7, 11) is 4.58. The molecule has 1 N–H and O–H groups in total. The summed E-state index contributed by atoms with van der Waals surface area (Å²) >= 11 is 6.73. The number of benzene rings is 2. The standard InChI is InChI=1S/C24H26N2O6S2/c1-5-32-17-8-6-16(7-9-17)25-21(27)10-11-26-22(28)14-20(34-24(26)33)15-12-18(29-2)23(31-4)19(13-15)30-3/h6-9,12-14H,5,10-11H2,1-4H3,(H,25,27). The summed E-state index contributed by atoms with van der Waals surface area (Å²) < 4.78 is 23.3. The van der Waals surface area contributed by atoms with Crippen molar-refractivity contribution in [1.82, 2.24) is 4.57 Å². The Kier molecular flexibility index (Phi) is 8.67. The predicted molar refractivity (Wildman–Crippen MR) is 135 cm³/mol. The summed E-state index contributed by atoms with van der Waals surface area (Å²) in [5.41, 5.74) is 1.07. The lowest BCUT2D eigenvalue weighted by Crippen LogP contribution is -2.22. The summed E-state index contributed by atoms with van der Waals surface area (Å²) in [4.78, 5) is 25.8. The van der Waals surface area contributed by atoms with E-state index in [4.69, 9.17) is 31.2 Å². The highest BCUT2D eigenvalue weighted by molar-refractivity contribution is 7.73. The van der Waals surface area contributed by atoms with Crippen LogP contribution in [0, 0.1) is 3.95 Å². The van der Waals surface area contributed by atoms with Crippen molar-refractivity contribution in [2.75, 3.05) is 33.3 Å². The van der Waals surface area contributed by atoms with Crippen molar-refractivity contribution < 1.29 is 23.7 Å². The number of nitrogens with one attached hydrogen (secondary N) is 1. The summed E-state index contributed by atoms with van der Waals surface area (Å²) in [5.74, 6) is 1.93. The molecule has 0 aliphatic rings. The molecule has 3 rings (SSSR count). The van der Waals surface area contributed by atoms with Crippen LogP contribution in [0.1, 0.15) is 13.3 Å². The molecular formula is C24H26N2O6S2. The third kappa shape index (κ3) is 5.95. The number of carbonyl (C=O) groups is 1. The molecule has 0 atom stereocenters. The molecule has 0 spiro atoms. The van der Waals surface area contributed by atoms with Crippen LogP contribution in [0.5, 0.6) is 23.0 Å². The van der Waals surface area contributed by atoms with E-state index in [-0.39, 0.29) is 24.4 Å². The third-order valence-corrected chi connectivity index (χ3v) is 6.34. The van der Waals surface area contributed by atoms with Crippen molar-refractivity contribution >= 4 is 35.1 Å². The maximum Gasteiger partial charge on any atom is 0.253 e. The van der Waals surface area contributed by atoms with Gasteiger partial charge in [-0.05, 0) is 61.1 Å². The van der Waals surface area contributed by atoms with E-state index in [2.05, 4.69) is 5.32 Å². The number of rotatable bonds is 10. The van der Waals surface area contributed by atoms with Gasteiger partial charge in [0.1, 0.15) is 5.75 Å². The van der Waals surface area contributed by atoms with Gasteiger partial charge in [0, 0.05) is 29.6 Å². The molecule has 0 bridgehead atoms. The SMILES string of the molecule is CCOc1ccc(NC(=O)CCn2c(=O)cc(-c3cc(OC)c(OC)c(OC)c3)sc2=S)cc1. The number of ether oxygens (including phenoxy) is 4. The number of hydrogen-bond donors (Lipinski definition) is 1. The Hall–Kier alpha value is -3.37. The molecule has 1 heterocycles. The van der Waals surface area contributed by atoms with Gasteiger partial charge in [-0.25, -0.2) is 0 Å². The van der Waals surface area contributed by atoms with E-state index in [0.29, 0.717) is 43.9 Å². The monoisotopic (exact) mass is 502 g/mol. The van der Waals surface area contributed by atoms with Crippen molar-refractivity contribution in [3.05, 3.63) is 56.8 Å². The fraction of sp³-hybridized carbons (Fsp3) is 0.292. The highest BCUT2D eigenvalue weighted by atomic mass is 32.1. The Labute approximate surface area is 206 Å². The Morgan fingerprint density at radius 1 is 1.03 bits per heavy atom. The van der Waals surface area contributed by atoms with E-state index >= 15 is 0 Å². The van der Waals surface area contributed by atoms with Crippen molar-refractivity contribution in [1.29, 1.82) is 0 Å². The van der Waals surface area contributed by atoms with Crippen LogP contribution in [0.2, 0.25) is 0 Å². The van der Waals surface area contributed by atoms with Gasteiger partial charge in [0.05, 0.1) is 27.9 Å². The van der Waals surface area contributed by atoms with Gasteiger partial charge >= 0.3 is 0 Å². The maximum atomic E-state index is 12.8. The van der Waals surface area contributed by atoms with Crippen LogP contribution in [0.3, 0.4) is 0 Å². The molecule has 0 fully saturated rings. The second kappa shape index (κ2) is 11.7. The van der Waals surface area contributed by atoms with Crippen LogP contribution in [-0.2, 0) is 11.3 Å². The second-order valence-corrected chi connectivity index (χ2v) is 8.71. The Bertz CT molecular complexity index is 1210. The van der Waals surface area contributed by atoms with Gasteiger partial charge in [-0.15, -0.1) is 11.3 Å². The molecule has 0 saturated heterocycles. The van der Waals surface area contributed by atoms with Crippen LogP contribution in [0.4, 0.5) is 5.69 Å². The number of hydrogen-bond acceptors (Lipinski definition) is 8. The van der Waals surface area contributed by atoms with Crippen LogP contribution < -0.4 is 29.8 Å². The highest BCUT2D eigenvalue weighted by Crippen LogP contribution is 2.41. The largest absolute Gasteiger partial charge is 0.494 e. The summed E-state index contributed by atoms with van der Waals surface area (Å²) in [6.07, 6.45) is 0.104. The quantitative estimate of drug-likeness (QED) is 0.400. The fourth-order valence-corrected chi connectivity index (χ4v) is 4.59. The van der Waals surface area contributed by atoms with Crippen molar-refractivity contribution in [3.63, 3.8) is 0 Å². The normalized spacial score (nSPS) is 10.5. The van der Waals surface area contributed by atoms with E-state index in [1.165, 1.54) is 43.3 Å². The molecule has 0 unspecified atom stereocenters. The smallest absolute Gasteiger partial charge is 0.253 e. The van der Waals surface area contributed by atoms with E-state index < -0.39 is 0 Å². The summed E-state index contributed by atoms with van der Waals surface area (Å²) in [6, 6.07) is 12.1. The van der Waals surface area contributed by atoms with Crippen LogP contribution in [0.15, 0.2) is 47.3 Å². The van der Waals surface area contributed by atoms with Crippen LogP contribution >= 0.6 is 23.6 Å². The lowest BCUT2D eigenvalue weighted by molar-refractivity contribution is -0.116. The molecule has 0 aliphatic carbocycles. The van der Waals surface area contributed by atoms with Gasteiger partial charge in [0.15, 0.2) is 15.5 Å². The van der Waals surface area contributed by atoms with Crippen molar-refractivity contribution in [2.24, 2.45) is 0 Å². The number of carbonyl (C=O) groups excluding carboxylic acids is 1. The van der Waals surface area contributed by atoms with E-state index in [1.807, 2.05) is 6.92 Å². The van der Waals surface area contributed by atoms with Crippen molar-refractivity contribution in [2.45, 2.75) is 19.9 Å². The Balaban J connectivity index is 1.75. The van der Waals surface area contributed by atoms with Gasteiger partial charge < -0.3 is 24.3 Å². The van der Waals surface area contributed by atoms with Gasteiger partial charge in [-0.2, -0.15) is 0 Å². The summed E-state index contributed by atoms with van der Waals surface area (Å²) in [6.45, 7) is 2.65. The molecule has 1 amide bonds. The minimum atomic E-state index is -0.290. The number of aromatic nitrogens is 1. The lowest BCUT2D eigenvalue weighted by Gasteiger charge is -2.14. The second-order valence-electron chi connectivity index (χ2n) is 7.04. The van der Waals surface area contributed by atoms with E-state index in [9.17, 15) is 9.59 Å². The average molecular weight is 503 g/mol. The van der Waals surface area contributed by atoms with Gasteiger partial charge in [0.25, 0.3) is 5.56 Å². The third-order valence-electron chi connectivity index (χ3n) is 4.90. The fourth-order valence-electron chi connectivity index (χ4n) is 3.26. The number of nitrogens with zero attached hydrogens (tertiary/aromatic N) is 1. The van der Waals surface area contributed by atoms with E-state index in [1.54, 1.807) is 36.4 Å². The van der Waals surface area contributed by atoms with E-state index in [0.717, 1.165) is 5.75 Å². The van der Waals surface area contributed by atoms with Gasteiger partial charge in [0.2, 0.25) is 11.7 Å². The highest BCUT2D eigenvalue weighted by Gasteiger charge is 2.16. The first kappa shape index (κ1) is 25.3. The minimum absolute atomic E-state index is 0.104. The zero-order valence-electron chi connectivity index (χ0n) is 19.4. The molecular weight excluding hydrogens is 476 g/mol. The molecule has 2 aromatic carbocycles. The summed E-state index contributed by atoms with van der Waals surface area (Å²) in [5, 5.41) is 2.81. The number of methoxy groups -OCH3 is 3. The number of amides is 1. The molecule has 34 heavy (non-hydrogen) atoms. The van der Waals surface area contributed by atoms with Crippen LogP contribution in [0.25, 0.3) is 10.4 Å². The minimum Gasteiger partial charge on any atom is -0.494 e. The Morgan fingerprint density at radius 3 is 2.21 bits per heavy atom. The maximum absolute atomic E-state index is 12.8. The topological polar surface area (TPSA) is 88.0 Å². The Morgan fingerprint density at radius 2 is 1.68 bits per heavy atom. The van der Waals surface area contributed by atoms with Gasteiger partial charge in [-0.1, -0.05) is 0 Å². The zero-order chi connectivity index (χ0) is 24.7. The molecule has 1 aromatic heterocycles. The van der Waals surface area contributed by atoms with Gasteiger partial charge in [-0.3, -0.25) is 14.2 Å². The lowest BCUT2D eigenvalue weighted by atomic mass is 10.1. The first-order chi connectivity index (χ1) is 16.4. The van der Waals surface area contributed by atoms with Crippen LogP contribution in [-0.4, -0.2) is 38.4 Å². The molecule has 0 saturated carbocycles. The van der Waals surface area contributed by atoms with Crippen molar-refractivity contribution in [3.8, 4) is 33.4 Å².